The van der Waals surface area contributed by atoms with Gasteiger partial charge in [-0.05, 0) is 55.9 Å². The zero-order chi connectivity index (χ0) is 37.0. The summed E-state index contributed by atoms with van der Waals surface area (Å²) >= 11 is 0. The third-order valence-electron chi connectivity index (χ3n) is 11.0. The van der Waals surface area contributed by atoms with E-state index in [4.69, 9.17) is 23.7 Å². The van der Waals surface area contributed by atoms with Gasteiger partial charge in [0, 0.05) is 42.9 Å². The summed E-state index contributed by atoms with van der Waals surface area (Å²) in [5.74, 6) is -4.43. The number of ether oxygens (including phenoxy) is 5. The van der Waals surface area contributed by atoms with Crippen molar-refractivity contribution >= 4 is 29.8 Å². The second-order valence-electron chi connectivity index (χ2n) is 15.5. The number of carbonyl (C=O) groups is 5. The number of hydrogen-bond acceptors (Lipinski definition) is 11. The average molecular weight is 693 g/mol. The molecule has 0 bridgehead atoms. The van der Waals surface area contributed by atoms with Gasteiger partial charge in [-0.2, -0.15) is 0 Å². The van der Waals surface area contributed by atoms with Crippen LogP contribution in [-0.4, -0.2) is 71.6 Å². The van der Waals surface area contributed by atoms with Crippen molar-refractivity contribution in [2.75, 3.05) is 0 Å². The molecule has 49 heavy (non-hydrogen) atoms. The Hall–Kier alpha value is -2.95. The number of aliphatic hydroxyl groups is 1. The first kappa shape index (κ1) is 40.5. The lowest BCUT2D eigenvalue weighted by molar-refractivity contribution is -0.226. The summed E-state index contributed by atoms with van der Waals surface area (Å²) in [7, 11) is 0. The lowest BCUT2D eigenvalue weighted by Crippen LogP contribution is -2.63. The number of hydrogen-bond donors (Lipinski definition) is 1. The van der Waals surface area contributed by atoms with Crippen LogP contribution < -0.4 is 0 Å². The molecule has 0 aromatic carbocycles. The number of aliphatic hydroxyl groups excluding tert-OH is 1. The van der Waals surface area contributed by atoms with Crippen LogP contribution in [0, 0.1) is 40.4 Å². The summed E-state index contributed by atoms with van der Waals surface area (Å²) in [6.07, 6.45) is -2.32. The third kappa shape index (κ3) is 8.18. The Morgan fingerprint density at radius 2 is 1.31 bits per heavy atom. The number of carbonyl (C=O) groups excluding carboxylic acids is 5. The van der Waals surface area contributed by atoms with Crippen LogP contribution in [0.2, 0.25) is 0 Å². The Balaban J connectivity index is 2.42. The fourth-order valence-electron chi connectivity index (χ4n) is 8.65. The molecule has 0 aliphatic heterocycles. The van der Waals surface area contributed by atoms with Gasteiger partial charge in [-0.3, -0.25) is 24.0 Å². The van der Waals surface area contributed by atoms with Gasteiger partial charge in [-0.25, -0.2) is 0 Å². The topological polar surface area (TPSA) is 152 Å². The van der Waals surface area contributed by atoms with E-state index >= 15 is 0 Å². The van der Waals surface area contributed by atoms with Crippen LogP contribution in [0.15, 0.2) is 11.6 Å². The van der Waals surface area contributed by atoms with Crippen molar-refractivity contribution in [1.29, 1.82) is 0 Å². The SMILES string of the molecule is CCCC(=O)OC1C(OC(C)=O)C(O)C(C)=CC2C3C(C(C)C)C(OC(=O)C(C)C)C(OC(=O)CCC)C3(C)C(OC(=O)CCC)CC21C. The molecule has 0 aromatic heterocycles. The summed E-state index contributed by atoms with van der Waals surface area (Å²) < 4.78 is 31.0. The van der Waals surface area contributed by atoms with Gasteiger partial charge in [0.15, 0.2) is 6.10 Å². The molecule has 3 aliphatic rings. The Labute approximate surface area is 292 Å². The van der Waals surface area contributed by atoms with Crippen molar-refractivity contribution in [3.63, 3.8) is 0 Å². The van der Waals surface area contributed by atoms with Crippen molar-refractivity contribution in [2.24, 2.45) is 40.4 Å². The highest BCUT2D eigenvalue weighted by Gasteiger charge is 2.74. The van der Waals surface area contributed by atoms with E-state index in [1.54, 1.807) is 20.8 Å². The monoisotopic (exact) mass is 692 g/mol. The van der Waals surface area contributed by atoms with E-state index in [1.165, 1.54) is 6.92 Å². The highest BCUT2D eigenvalue weighted by molar-refractivity contribution is 5.73. The number of rotatable bonds is 13. The maximum Gasteiger partial charge on any atom is 0.308 e. The van der Waals surface area contributed by atoms with E-state index < -0.39 is 101 Å². The summed E-state index contributed by atoms with van der Waals surface area (Å²) in [5.41, 5.74) is -1.62. The molecule has 2 fully saturated rings. The van der Waals surface area contributed by atoms with Crippen LogP contribution in [0.5, 0.6) is 0 Å². The van der Waals surface area contributed by atoms with Crippen LogP contribution in [0.4, 0.5) is 0 Å². The highest BCUT2D eigenvalue weighted by atomic mass is 16.6. The van der Waals surface area contributed by atoms with E-state index in [2.05, 4.69) is 0 Å². The van der Waals surface area contributed by atoms with Gasteiger partial charge < -0.3 is 28.8 Å². The molecule has 0 heterocycles. The van der Waals surface area contributed by atoms with E-state index in [-0.39, 0.29) is 31.6 Å². The zero-order valence-corrected chi connectivity index (χ0v) is 31.4. The molecule has 0 aromatic rings. The fourth-order valence-corrected chi connectivity index (χ4v) is 8.65. The largest absolute Gasteiger partial charge is 0.462 e. The van der Waals surface area contributed by atoms with E-state index in [0.717, 1.165) is 0 Å². The lowest BCUT2D eigenvalue weighted by Gasteiger charge is -2.58. The fraction of sp³-hybridized carbons (Fsp3) is 0.816. The second-order valence-corrected chi connectivity index (χ2v) is 15.5. The van der Waals surface area contributed by atoms with Crippen molar-refractivity contribution < 1.29 is 52.8 Å². The molecule has 11 atom stereocenters. The number of allylic oxidation sites excluding steroid dienone is 1. The normalized spacial score (nSPS) is 35.4. The van der Waals surface area contributed by atoms with Gasteiger partial charge >= 0.3 is 29.8 Å². The molecule has 2 saturated carbocycles. The molecular formula is C38H60O11. The van der Waals surface area contributed by atoms with Gasteiger partial charge in [-0.15, -0.1) is 0 Å². The first-order valence-electron chi connectivity index (χ1n) is 18.2. The molecule has 11 heteroatoms. The summed E-state index contributed by atoms with van der Waals surface area (Å²) in [5, 5.41) is 11.7. The predicted molar refractivity (Wildman–Crippen MR) is 181 cm³/mol. The maximum absolute atomic E-state index is 13.4. The smallest absolute Gasteiger partial charge is 0.308 e. The first-order valence-corrected chi connectivity index (χ1v) is 18.2. The quantitative estimate of drug-likeness (QED) is 0.140. The Morgan fingerprint density at radius 1 is 0.796 bits per heavy atom. The molecule has 0 spiro atoms. The molecule has 0 saturated heterocycles. The van der Waals surface area contributed by atoms with Crippen LogP contribution >= 0.6 is 0 Å². The first-order chi connectivity index (χ1) is 22.9. The summed E-state index contributed by atoms with van der Waals surface area (Å²) in [4.78, 5) is 65.9. The van der Waals surface area contributed by atoms with Gasteiger partial charge in [-0.1, -0.05) is 68.4 Å². The summed E-state index contributed by atoms with van der Waals surface area (Å²) in [6, 6.07) is 0. The van der Waals surface area contributed by atoms with Crippen molar-refractivity contribution in [2.45, 2.75) is 158 Å². The molecule has 3 rings (SSSR count). The second kappa shape index (κ2) is 16.4. The highest BCUT2D eigenvalue weighted by Crippen LogP contribution is 2.67. The predicted octanol–water partition coefficient (Wildman–Crippen LogP) is 5.88. The van der Waals surface area contributed by atoms with Gasteiger partial charge in [0.25, 0.3) is 0 Å². The molecule has 0 radical (unpaired) electrons. The molecular weight excluding hydrogens is 632 g/mol. The van der Waals surface area contributed by atoms with E-state index in [9.17, 15) is 29.1 Å². The van der Waals surface area contributed by atoms with Crippen molar-refractivity contribution in [3.8, 4) is 0 Å². The zero-order valence-electron chi connectivity index (χ0n) is 31.4. The Kier molecular flexibility index (Phi) is 13.5. The van der Waals surface area contributed by atoms with Crippen LogP contribution in [0.1, 0.15) is 121 Å². The third-order valence-corrected chi connectivity index (χ3v) is 11.0. The Bertz CT molecular complexity index is 1260. The van der Waals surface area contributed by atoms with Gasteiger partial charge in [0.2, 0.25) is 0 Å². The van der Waals surface area contributed by atoms with Crippen LogP contribution in [0.3, 0.4) is 0 Å². The maximum atomic E-state index is 13.4. The summed E-state index contributed by atoms with van der Waals surface area (Å²) in [6.45, 7) is 20.0. The standard InChI is InChI=1S/C38H60O11/c1-12-15-26(40)46-25-19-37(10)24(18-22(8)31(43)33(45-23(9)39)34(37)47-27(41)16-13-2)30-29(20(4)5)32(49-36(44)21(6)7)35(38(25,30)11)48-28(42)17-14-3/h18,20-21,24-25,29-35,43H,12-17,19H2,1-11H3. The van der Waals surface area contributed by atoms with Crippen LogP contribution in [0.25, 0.3) is 0 Å². The minimum atomic E-state index is -1.30. The molecule has 11 unspecified atom stereocenters. The van der Waals surface area contributed by atoms with E-state index in [1.807, 2.05) is 54.5 Å². The number of fused-ring (bicyclic) bond motifs is 3. The molecule has 278 valence electrons. The van der Waals surface area contributed by atoms with Crippen molar-refractivity contribution in [1.82, 2.24) is 0 Å². The van der Waals surface area contributed by atoms with Gasteiger partial charge in [0.1, 0.15) is 30.5 Å². The van der Waals surface area contributed by atoms with Crippen LogP contribution in [-0.2, 0) is 47.7 Å². The Morgan fingerprint density at radius 3 is 1.78 bits per heavy atom. The van der Waals surface area contributed by atoms with E-state index in [0.29, 0.717) is 24.8 Å². The van der Waals surface area contributed by atoms with Crippen molar-refractivity contribution in [3.05, 3.63) is 11.6 Å². The minimum absolute atomic E-state index is 0.111. The van der Waals surface area contributed by atoms with Gasteiger partial charge in [0.05, 0.1) is 5.92 Å². The average Bonchev–Trinajstić information content (AvgIpc) is 3.21. The molecule has 0 amide bonds. The molecule has 11 nitrogen and oxygen atoms in total. The lowest BCUT2D eigenvalue weighted by atomic mass is 9.49. The minimum Gasteiger partial charge on any atom is -0.462 e. The molecule has 1 N–H and O–H groups in total. The molecule has 3 aliphatic carbocycles. The number of esters is 5.